The number of rotatable bonds is 5. The zero-order valence-corrected chi connectivity index (χ0v) is 15.1. The average Bonchev–Trinajstić information content (AvgIpc) is 2.68. The Kier molecular flexibility index (Phi) is 6.24. The molecule has 1 atom stereocenters. The van der Waals surface area contributed by atoms with Gasteiger partial charge in [-0.05, 0) is 30.9 Å². The molecule has 0 bridgehead atoms. The highest BCUT2D eigenvalue weighted by atomic mass is 16.2. The molecule has 0 aromatic heterocycles. The van der Waals surface area contributed by atoms with Gasteiger partial charge in [-0.25, -0.2) is 0 Å². The van der Waals surface area contributed by atoms with E-state index >= 15 is 0 Å². The molecule has 1 aliphatic carbocycles. The van der Waals surface area contributed by atoms with Gasteiger partial charge < -0.3 is 4.90 Å². The lowest BCUT2D eigenvalue weighted by Crippen LogP contribution is -2.50. The second kappa shape index (κ2) is 8.82. The van der Waals surface area contributed by atoms with Crippen molar-refractivity contribution in [1.82, 2.24) is 9.80 Å². The van der Waals surface area contributed by atoms with Gasteiger partial charge >= 0.3 is 0 Å². The van der Waals surface area contributed by atoms with E-state index in [0.717, 1.165) is 56.7 Å². The Morgan fingerprint density at radius 3 is 2.52 bits per heavy atom. The summed E-state index contributed by atoms with van der Waals surface area (Å²) in [4.78, 5) is 17.8. The molecule has 1 aliphatic heterocycles. The molecular weight excluding hydrogens is 308 g/mol. The molecule has 0 spiro atoms. The number of nitrogens with zero attached hydrogens (tertiary/aromatic N) is 2. The van der Waals surface area contributed by atoms with Crippen LogP contribution in [0.2, 0.25) is 0 Å². The van der Waals surface area contributed by atoms with E-state index in [4.69, 9.17) is 0 Å². The fraction of sp³-hybridized carbons (Fsp3) is 0.409. The van der Waals surface area contributed by atoms with Gasteiger partial charge in [0.2, 0.25) is 5.91 Å². The molecule has 1 fully saturated rings. The second-order valence-electron chi connectivity index (χ2n) is 6.72. The number of amides is 1. The van der Waals surface area contributed by atoms with Gasteiger partial charge in [0.1, 0.15) is 0 Å². The molecule has 1 heterocycles. The minimum atomic E-state index is -0.167. The first-order valence-corrected chi connectivity index (χ1v) is 9.33. The lowest BCUT2D eigenvalue weighted by Gasteiger charge is -2.36. The number of carbonyl (C=O) groups is 1. The van der Waals surface area contributed by atoms with Crippen molar-refractivity contribution in [3.8, 4) is 0 Å². The van der Waals surface area contributed by atoms with Crippen LogP contribution in [0.4, 0.5) is 0 Å². The summed E-state index contributed by atoms with van der Waals surface area (Å²) in [6.45, 7) is 6.57. The van der Waals surface area contributed by atoms with Gasteiger partial charge in [-0.1, -0.05) is 60.7 Å². The third-order valence-corrected chi connectivity index (χ3v) is 5.02. The number of piperazine rings is 1. The highest BCUT2D eigenvalue weighted by Crippen LogP contribution is 2.30. The Morgan fingerprint density at radius 1 is 1.12 bits per heavy atom. The first kappa shape index (κ1) is 17.7. The van der Waals surface area contributed by atoms with Crippen LogP contribution in [-0.4, -0.2) is 48.4 Å². The summed E-state index contributed by atoms with van der Waals surface area (Å²) < 4.78 is 0. The van der Waals surface area contributed by atoms with E-state index in [1.54, 1.807) is 0 Å². The maximum atomic E-state index is 13.3. The number of benzene rings is 1. The molecule has 3 rings (SSSR count). The molecule has 3 nitrogen and oxygen atoms in total. The molecule has 0 saturated carbocycles. The first-order chi connectivity index (χ1) is 12.3. The predicted octanol–water partition coefficient (Wildman–Crippen LogP) is 3.77. The van der Waals surface area contributed by atoms with Crippen LogP contribution in [0.15, 0.2) is 66.3 Å². The van der Waals surface area contributed by atoms with E-state index in [1.807, 2.05) is 23.1 Å². The van der Waals surface area contributed by atoms with Crippen molar-refractivity contribution in [2.24, 2.45) is 0 Å². The van der Waals surface area contributed by atoms with Crippen LogP contribution < -0.4 is 0 Å². The molecule has 0 N–H and O–H groups in total. The van der Waals surface area contributed by atoms with E-state index in [1.165, 1.54) is 0 Å². The van der Waals surface area contributed by atoms with Crippen molar-refractivity contribution < 1.29 is 4.79 Å². The summed E-state index contributed by atoms with van der Waals surface area (Å²) in [6.07, 6.45) is 12.9. The van der Waals surface area contributed by atoms with E-state index in [-0.39, 0.29) is 11.8 Å². The lowest BCUT2D eigenvalue weighted by atomic mass is 9.86. The van der Waals surface area contributed by atoms with E-state index < -0.39 is 0 Å². The number of carbonyl (C=O) groups excluding carboxylic acids is 1. The number of allylic oxidation sites excluding steroid dienone is 4. The summed E-state index contributed by atoms with van der Waals surface area (Å²) in [7, 11) is 0. The fourth-order valence-corrected chi connectivity index (χ4v) is 3.56. The maximum Gasteiger partial charge on any atom is 0.234 e. The van der Waals surface area contributed by atoms with Gasteiger partial charge in [-0.3, -0.25) is 9.69 Å². The van der Waals surface area contributed by atoms with Crippen LogP contribution in [0, 0.1) is 0 Å². The zero-order valence-electron chi connectivity index (χ0n) is 15.1. The van der Waals surface area contributed by atoms with Gasteiger partial charge in [0, 0.05) is 32.7 Å². The molecule has 0 radical (unpaired) electrons. The topological polar surface area (TPSA) is 23.6 Å². The van der Waals surface area contributed by atoms with Gasteiger partial charge in [-0.15, -0.1) is 0 Å². The molecule has 1 aromatic carbocycles. The van der Waals surface area contributed by atoms with Crippen molar-refractivity contribution in [2.75, 3.05) is 32.7 Å². The highest BCUT2D eigenvalue weighted by molar-refractivity contribution is 5.88. The van der Waals surface area contributed by atoms with Gasteiger partial charge in [0.05, 0.1) is 5.92 Å². The fourth-order valence-electron chi connectivity index (χ4n) is 3.56. The summed E-state index contributed by atoms with van der Waals surface area (Å²) in [6, 6.07) is 10.2. The first-order valence-electron chi connectivity index (χ1n) is 9.33. The Labute approximate surface area is 151 Å². The van der Waals surface area contributed by atoms with E-state index in [2.05, 4.69) is 54.3 Å². The smallest absolute Gasteiger partial charge is 0.234 e. The molecule has 25 heavy (non-hydrogen) atoms. The van der Waals surface area contributed by atoms with Crippen molar-refractivity contribution in [3.05, 3.63) is 71.8 Å². The summed E-state index contributed by atoms with van der Waals surface area (Å²) in [5.74, 6) is 0.0783. The third-order valence-electron chi connectivity index (χ3n) is 5.02. The molecular formula is C22H28N2O. The van der Waals surface area contributed by atoms with Crippen LogP contribution >= 0.6 is 0 Å². The van der Waals surface area contributed by atoms with Crippen molar-refractivity contribution in [2.45, 2.75) is 25.7 Å². The standard InChI is InChI=1S/C22H28N2O/c1-2-3-14-23-15-17-24(18-16-23)22(25)21(19-10-6-4-7-11-19)20-12-8-5-9-13-20/h2-4,6-8,10-13,21H,5,9,14-18H2,1H3/b3-2+. The molecule has 3 heteroatoms. The Bertz CT molecular complexity index is 652. The highest BCUT2D eigenvalue weighted by Gasteiger charge is 2.30. The summed E-state index contributed by atoms with van der Waals surface area (Å²) in [5, 5.41) is 0. The Morgan fingerprint density at radius 2 is 1.88 bits per heavy atom. The second-order valence-corrected chi connectivity index (χ2v) is 6.72. The average molecular weight is 336 g/mol. The number of hydrogen-bond acceptors (Lipinski definition) is 2. The minimum Gasteiger partial charge on any atom is -0.339 e. The molecule has 1 aromatic rings. The van der Waals surface area contributed by atoms with Crippen LogP contribution in [0.3, 0.4) is 0 Å². The van der Waals surface area contributed by atoms with Crippen molar-refractivity contribution in [3.63, 3.8) is 0 Å². The quantitative estimate of drug-likeness (QED) is 0.764. The maximum absolute atomic E-state index is 13.3. The minimum absolute atomic E-state index is 0.167. The van der Waals surface area contributed by atoms with Gasteiger partial charge in [-0.2, -0.15) is 0 Å². The van der Waals surface area contributed by atoms with Crippen LogP contribution in [0.5, 0.6) is 0 Å². The van der Waals surface area contributed by atoms with E-state index in [0.29, 0.717) is 0 Å². The molecule has 132 valence electrons. The summed E-state index contributed by atoms with van der Waals surface area (Å²) >= 11 is 0. The van der Waals surface area contributed by atoms with Crippen molar-refractivity contribution >= 4 is 5.91 Å². The van der Waals surface area contributed by atoms with Crippen LogP contribution in [0.25, 0.3) is 0 Å². The monoisotopic (exact) mass is 336 g/mol. The predicted molar refractivity (Wildman–Crippen MR) is 103 cm³/mol. The largest absolute Gasteiger partial charge is 0.339 e. The molecule has 1 saturated heterocycles. The SMILES string of the molecule is C/C=C/CN1CCN(C(=O)C(C2=CCCC=C2)c2ccccc2)CC1. The van der Waals surface area contributed by atoms with Crippen molar-refractivity contribution in [1.29, 1.82) is 0 Å². The molecule has 1 amide bonds. The summed E-state index contributed by atoms with van der Waals surface area (Å²) in [5.41, 5.74) is 2.25. The number of hydrogen-bond donors (Lipinski definition) is 0. The van der Waals surface area contributed by atoms with Crippen LogP contribution in [-0.2, 0) is 4.79 Å². The Balaban J connectivity index is 1.74. The van der Waals surface area contributed by atoms with E-state index in [9.17, 15) is 4.79 Å². The zero-order chi connectivity index (χ0) is 17.5. The van der Waals surface area contributed by atoms with Gasteiger partial charge in [0.15, 0.2) is 0 Å². The molecule has 1 unspecified atom stereocenters. The normalized spacial score (nSPS) is 19.9. The van der Waals surface area contributed by atoms with Crippen LogP contribution in [0.1, 0.15) is 31.2 Å². The third kappa shape index (κ3) is 4.49. The molecule has 2 aliphatic rings. The lowest BCUT2D eigenvalue weighted by molar-refractivity contribution is -0.133. The van der Waals surface area contributed by atoms with Gasteiger partial charge in [0.25, 0.3) is 0 Å². The Hall–Kier alpha value is -2.13.